The van der Waals surface area contributed by atoms with Crippen LogP contribution in [-0.4, -0.2) is 15.6 Å². The van der Waals surface area contributed by atoms with E-state index in [1.54, 1.807) is 6.92 Å². The third-order valence-corrected chi connectivity index (χ3v) is 2.98. The topological polar surface area (TPSA) is 42.2 Å². The molecule has 0 atom stereocenters. The lowest BCUT2D eigenvalue weighted by Crippen LogP contribution is -2.06. The molecular weight excluding hydrogens is 247 g/mol. The van der Waals surface area contributed by atoms with Gasteiger partial charge < -0.3 is 9.67 Å². The normalized spacial score (nSPS) is 12.1. The first-order valence-corrected chi connectivity index (χ1v) is 5.13. The second-order valence-electron chi connectivity index (χ2n) is 4.07. The van der Waals surface area contributed by atoms with Gasteiger partial charge in [-0.15, -0.1) is 0 Å². The molecule has 0 bridgehead atoms. The third kappa shape index (κ3) is 1.73. The second-order valence-corrected chi connectivity index (χ2v) is 4.07. The minimum Gasteiger partial charge on any atom is -0.477 e. The Kier molecular flexibility index (Phi) is 2.61. The summed E-state index contributed by atoms with van der Waals surface area (Å²) in [5.41, 5.74) is -0.0506. The van der Waals surface area contributed by atoms with Gasteiger partial charge in [-0.05, 0) is 24.6 Å². The van der Waals surface area contributed by atoms with Crippen LogP contribution >= 0.6 is 0 Å². The second kappa shape index (κ2) is 3.76. The van der Waals surface area contributed by atoms with Crippen LogP contribution in [0.25, 0.3) is 10.9 Å². The summed E-state index contributed by atoms with van der Waals surface area (Å²) in [6.07, 6.45) is -4.43. The quantitative estimate of drug-likeness (QED) is 0.852. The van der Waals surface area contributed by atoms with Gasteiger partial charge in [0.15, 0.2) is 0 Å². The summed E-state index contributed by atoms with van der Waals surface area (Å²) >= 11 is 0. The molecule has 0 saturated carbocycles. The van der Waals surface area contributed by atoms with E-state index in [0.717, 1.165) is 12.1 Å². The first kappa shape index (κ1) is 12.5. The van der Waals surface area contributed by atoms with E-state index < -0.39 is 17.7 Å². The standard InChI is InChI=1S/C12H10F3NO2/c1-6-8-4-3-7(12(13,14)15)5-9(8)16(2)10(6)11(17)18/h3-5H,1-2H3,(H,17,18). The third-order valence-electron chi connectivity index (χ3n) is 2.98. The molecule has 96 valence electrons. The van der Waals surface area contributed by atoms with Crippen molar-refractivity contribution in [3.63, 3.8) is 0 Å². The largest absolute Gasteiger partial charge is 0.477 e. The number of rotatable bonds is 1. The predicted molar refractivity (Wildman–Crippen MR) is 59.6 cm³/mol. The fourth-order valence-electron chi connectivity index (χ4n) is 2.11. The molecular formula is C12H10F3NO2. The molecule has 18 heavy (non-hydrogen) atoms. The number of carboxylic acids is 1. The molecule has 1 heterocycles. The van der Waals surface area contributed by atoms with E-state index in [9.17, 15) is 18.0 Å². The lowest BCUT2D eigenvalue weighted by Gasteiger charge is -2.07. The predicted octanol–water partition coefficient (Wildman–Crippen LogP) is 3.20. The number of halogens is 3. The van der Waals surface area contributed by atoms with Crippen molar-refractivity contribution >= 4 is 16.9 Å². The first-order valence-electron chi connectivity index (χ1n) is 5.13. The average Bonchev–Trinajstić information content (AvgIpc) is 2.50. The van der Waals surface area contributed by atoms with Crippen LogP contribution in [0.5, 0.6) is 0 Å². The Bertz CT molecular complexity index is 641. The highest BCUT2D eigenvalue weighted by Gasteiger charge is 2.31. The van der Waals surface area contributed by atoms with Crippen LogP contribution in [0.3, 0.4) is 0 Å². The molecule has 0 fully saturated rings. The molecule has 3 nitrogen and oxygen atoms in total. The summed E-state index contributed by atoms with van der Waals surface area (Å²) in [7, 11) is 1.44. The number of alkyl halides is 3. The molecule has 2 rings (SSSR count). The number of carboxylic acid groups (broad SMARTS) is 1. The summed E-state index contributed by atoms with van der Waals surface area (Å²) in [6, 6.07) is 3.23. The molecule has 2 aromatic rings. The zero-order valence-corrected chi connectivity index (χ0v) is 9.67. The van der Waals surface area contributed by atoms with E-state index in [4.69, 9.17) is 5.11 Å². The van der Waals surface area contributed by atoms with E-state index in [1.807, 2.05) is 0 Å². The van der Waals surface area contributed by atoms with E-state index in [0.29, 0.717) is 10.9 Å². The van der Waals surface area contributed by atoms with Crippen LogP contribution < -0.4 is 0 Å². The monoisotopic (exact) mass is 257 g/mol. The highest BCUT2D eigenvalue weighted by molar-refractivity contribution is 5.98. The van der Waals surface area contributed by atoms with Crippen molar-refractivity contribution in [1.29, 1.82) is 0 Å². The number of hydrogen-bond acceptors (Lipinski definition) is 1. The summed E-state index contributed by atoms with van der Waals surface area (Å²) in [5.74, 6) is -1.15. The summed E-state index contributed by atoms with van der Waals surface area (Å²) < 4.78 is 39.0. The maximum absolute atomic E-state index is 12.6. The van der Waals surface area contributed by atoms with Gasteiger partial charge in [0.1, 0.15) is 5.69 Å². The number of aryl methyl sites for hydroxylation is 2. The molecule has 1 aromatic carbocycles. The Morgan fingerprint density at radius 2 is 1.94 bits per heavy atom. The minimum atomic E-state index is -4.43. The number of nitrogens with zero attached hydrogens (tertiary/aromatic N) is 1. The molecule has 1 aromatic heterocycles. The molecule has 0 amide bonds. The van der Waals surface area contributed by atoms with Gasteiger partial charge in [-0.3, -0.25) is 0 Å². The van der Waals surface area contributed by atoms with Gasteiger partial charge in [-0.2, -0.15) is 13.2 Å². The van der Waals surface area contributed by atoms with Crippen molar-refractivity contribution in [2.75, 3.05) is 0 Å². The minimum absolute atomic E-state index is 0.00400. The molecule has 0 aliphatic heterocycles. The molecule has 0 spiro atoms. The van der Waals surface area contributed by atoms with Crippen molar-refractivity contribution in [3.8, 4) is 0 Å². The zero-order valence-electron chi connectivity index (χ0n) is 9.67. The highest BCUT2D eigenvalue weighted by Crippen LogP contribution is 2.33. The van der Waals surface area contributed by atoms with Crippen LogP contribution in [-0.2, 0) is 13.2 Å². The van der Waals surface area contributed by atoms with Crippen LogP contribution in [0.2, 0.25) is 0 Å². The lowest BCUT2D eigenvalue weighted by atomic mass is 10.1. The van der Waals surface area contributed by atoms with Gasteiger partial charge in [0.05, 0.1) is 5.56 Å². The fraction of sp³-hybridized carbons (Fsp3) is 0.250. The smallest absolute Gasteiger partial charge is 0.416 e. The summed E-state index contributed by atoms with van der Waals surface area (Å²) in [5, 5.41) is 9.55. The van der Waals surface area contributed by atoms with Crippen molar-refractivity contribution in [1.82, 2.24) is 4.57 Å². The molecule has 6 heteroatoms. The molecule has 0 radical (unpaired) electrons. The van der Waals surface area contributed by atoms with Crippen molar-refractivity contribution in [2.45, 2.75) is 13.1 Å². The Balaban J connectivity index is 2.80. The number of benzene rings is 1. The van der Waals surface area contributed by atoms with Crippen LogP contribution in [0.1, 0.15) is 21.6 Å². The summed E-state index contributed by atoms with van der Waals surface area (Å²) in [4.78, 5) is 11.1. The Morgan fingerprint density at radius 3 is 2.44 bits per heavy atom. The van der Waals surface area contributed by atoms with E-state index in [-0.39, 0.29) is 11.2 Å². The van der Waals surface area contributed by atoms with Crippen LogP contribution in [0.4, 0.5) is 13.2 Å². The lowest BCUT2D eigenvalue weighted by molar-refractivity contribution is -0.137. The molecule has 0 aliphatic rings. The van der Waals surface area contributed by atoms with Crippen LogP contribution in [0.15, 0.2) is 18.2 Å². The zero-order chi connectivity index (χ0) is 13.7. The number of aromatic nitrogens is 1. The average molecular weight is 257 g/mol. The molecule has 0 unspecified atom stereocenters. The van der Waals surface area contributed by atoms with Crippen molar-refractivity contribution in [3.05, 3.63) is 35.0 Å². The van der Waals surface area contributed by atoms with Gasteiger partial charge in [-0.1, -0.05) is 6.07 Å². The van der Waals surface area contributed by atoms with Crippen LogP contribution in [0, 0.1) is 6.92 Å². The Labute approximate surface area is 100 Å². The van der Waals surface area contributed by atoms with Gasteiger partial charge in [0.25, 0.3) is 0 Å². The number of aromatic carboxylic acids is 1. The fourth-order valence-corrected chi connectivity index (χ4v) is 2.11. The van der Waals surface area contributed by atoms with Gasteiger partial charge in [0, 0.05) is 18.0 Å². The Morgan fingerprint density at radius 1 is 1.33 bits per heavy atom. The van der Waals surface area contributed by atoms with Gasteiger partial charge in [0.2, 0.25) is 0 Å². The maximum Gasteiger partial charge on any atom is 0.416 e. The first-order chi connectivity index (χ1) is 8.23. The van der Waals surface area contributed by atoms with Gasteiger partial charge in [-0.25, -0.2) is 4.79 Å². The number of carbonyl (C=O) groups is 1. The molecule has 0 saturated heterocycles. The number of hydrogen-bond donors (Lipinski definition) is 1. The van der Waals surface area contributed by atoms with E-state index >= 15 is 0 Å². The summed E-state index contributed by atoms with van der Waals surface area (Å²) in [6.45, 7) is 1.58. The number of fused-ring (bicyclic) bond motifs is 1. The maximum atomic E-state index is 12.6. The SMILES string of the molecule is Cc1c(C(=O)O)n(C)c2cc(C(F)(F)F)ccc12. The van der Waals surface area contributed by atoms with Crippen molar-refractivity contribution < 1.29 is 23.1 Å². The molecule has 1 N–H and O–H groups in total. The van der Waals surface area contributed by atoms with Crippen molar-refractivity contribution in [2.24, 2.45) is 7.05 Å². The van der Waals surface area contributed by atoms with E-state index in [2.05, 4.69) is 0 Å². The Hall–Kier alpha value is -1.98. The van der Waals surface area contributed by atoms with E-state index in [1.165, 1.54) is 17.7 Å². The van der Waals surface area contributed by atoms with Gasteiger partial charge >= 0.3 is 12.1 Å². The highest BCUT2D eigenvalue weighted by atomic mass is 19.4. The molecule has 0 aliphatic carbocycles.